The minimum absolute atomic E-state index is 0.0524. The van der Waals surface area contributed by atoms with Gasteiger partial charge in [0.25, 0.3) is 0 Å². The van der Waals surface area contributed by atoms with E-state index in [1.807, 2.05) is 19.1 Å². The fourth-order valence-electron chi connectivity index (χ4n) is 1.67. The third-order valence-corrected chi connectivity index (χ3v) is 2.36. The minimum atomic E-state index is -0.0649. The van der Waals surface area contributed by atoms with Gasteiger partial charge in [-0.3, -0.25) is 4.40 Å². The van der Waals surface area contributed by atoms with E-state index in [4.69, 9.17) is 0 Å². The number of aryl methyl sites for hydroxylation is 1. The number of hydrogen-bond donors (Lipinski definition) is 0. The summed E-state index contributed by atoms with van der Waals surface area (Å²) < 4.78 is 3.12. The standard InChI is InChI=1S/C12H17N3O/c1-9-5-6-14-10(7-9)13-15(11(14)16)8-12(2,3)4/h5-7H,8H2,1-4H3. The second-order valence-electron chi connectivity index (χ2n) is 5.43. The first-order valence-corrected chi connectivity index (χ1v) is 5.43. The number of pyridine rings is 1. The lowest BCUT2D eigenvalue weighted by Crippen LogP contribution is -2.27. The number of hydrogen-bond acceptors (Lipinski definition) is 2. The van der Waals surface area contributed by atoms with E-state index in [0.29, 0.717) is 12.2 Å². The molecule has 0 fully saturated rings. The second-order valence-corrected chi connectivity index (χ2v) is 5.43. The van der Waals surface area contributed by atoms with Gasteiger partial charge < -0.3 is 0 Å². The summed E-state index contributed by atoms with van der Waals surface area (Å²) in [5.74, 6) is 0. The van der Waals surface area contributed by atoms with Crippen LogP contribution in [0.4, 0.5) is 0 Å². The van der Waals surface area contributed by atoms with Crippen molar-refractivity contribution < 1.29 is 0 Å². The van der Waals surface area contributed by atoms with Crippen molar-refractivity contribution in [2.45, 2.75) is 34.2 Å². The van der Waals surface area contributed by atoms with E-state index < -0.39 is 0 Å². The molecule has 0 aliphatic heterocycles. The van der Waals surface area contributed by atoms with Crippen molar-refractivity contribution in [3.63, 3.8) is 0 Å². The molecule has 2 aromatic heterocycles. The Hall–Kier alpha value is -1.58. The SMILES string of the molecule is Cc1ccn2c(=O)n(CC(C)(C)C)nc2c1. The molecule has 0 aliphatic rings. The molecular weight excluding hydrogens is 202 g/mol. The highest BCUT2D eigenvalue weighted by molar-refractivity contribution is 5.39. The van der Waals surface area contributed by atoms with Crippen LogP contribution in [0.2, 0.25) is 0 Å². The zero-order chi connectivity index (χ0) is 11.9. The third kappa shape index (κ3) is 2.01. The van der Waals surface area contributed by atoms with Crippen molar-refractivity contribution in [2.75, 3.05) is 0 Å². The molecule has 0 bridgehead atoms. The van der Waals surface area contributed by atoms with Crippen LogP contribution in [-0.4, -0.2) is 14.2 Å². The van der Waals surface area contributed by atoms with Crippen LogP contribution >= 0.6 is 0 Å². The third-order valence-electron chi connectivity index (χ3n) is 2.36. The van der Waals surface area contributed by atoms with Crippen molar-refractivity contribution in [1.82, 2.24) is 14.2 Å². The summed E-state index contributed by atoms with van der Waals surface area (Å²) in [6.07, 6.45) is 1.78. The van der Waals surface area contributed by atoms with E-state index in [1.165, 1.54) is 4.68 Å². The molecule has 2 heterocycles. The van der Waals surface area contributed by atoms with Crippen LogP contribution in [-0.2, 0) is 6.54 Å². The molecule has 2 aromatic rings. The number of rotatable bonds is 1. The van der Waals surface area contributed by atoms with Crippen molar-refractivity contribution >= 4 is 5.65 Å². The number of nitrogens with zero attached hydrogens (tertiary/aromatic N) is 3. The molecule has 0 aromatic carbocycles. The summed E-state index contributed by atoms with van der Waals surface area (Å²) in [5, 5.41) is 4.33. The summed E-state index contributed by atoms with van der Waals surface area (Å²) in [4.78, 5) is 12.0. The lowest BCUT2D eigenvalue weighted by atomic mass is 9.97. The van der Waals surface area contributed by atoms with Gasteiger partial charge in [0.1, 0.15) is 0 Å². The van der Waals surface area contributed by atoms with Gasteiger partial charge in [0.2, 0.25) is 0 Å². The summed E-state index contributed by atoms with van der Waals surface area (Å²) in [5.41, 5.74) is 1.82. The molecule has 0 atom stereocenters. The molecule has 0 saturated heterocycles. The van der Waals surface area contributed by atoms with E-state index in [9.17, 15) is 4.79 Å². The van der Waals surface area contributed by atoms with Gasteiger partial charge in [0.05, 0.1) is 6.54 Å². The van der Waals surface area contributed by atoms with E-state index >= 15 is 0 Å². The van der Waals surface area contributed by atoms with Crippen LogP contribution in [0.25, 0.3) is 5.65 Å². The predicted octanol–water partition coefficient (Wildman–Crippen LogP) is 1.85. The Morgan fingerprint density at radius 1 is 1.38 bits per heavy atom. The molecule has 4 nitrogen and oxygen atoms in total. The van der Waals surface area contributed by atoms with Crippen molar-refractivity contribution in [3.05, 3.63) is 34.4 Å². The highest BCUT2D eigenvalue weighted by Crippen LogP contribution is 2.14. The fraction of sp³-hybridized carbons (Fsp3) is 0.500. The van der Waals surface area contributed by atoms with Gasteiger partial charge >= 0.3 is 5.69 Å². The first-order valence-electron chi connectivity index (χ1n) is 5.43. The lowest BCUT2D eigenvalue weighted by molar-refractivity contribution is 0.320. The largest absolute Gasteiger partial charge is 0.350 e. The Morgan fingerprint density at radius 2 is 2.06 bits per heavy atom. The van der Waals surface area contributed by atoms with Crippen LogP contribution in [0, 0.1) is 12.3 Å². The molecule has 0 N–H and O–H groups in total. The zero-order valence-electron chi connectivity index (χ0n) is 10.2. The van der Waals surface area contributed by atoms with E-state index in [-0.39, 0.29) is 11.1 Å². The first kappa shape index (κ1) is 10.9. The Kier molecular flexibility index (Phi) is 2.37. The maximum Gasteiger partial charge on any atom is 0.350 e. The highest BCUT2D eigenvalue weighted by atomic mass is 16.2. The van der Waals surface area contributed by atoms with Crippen molar-refractivity contribution in [2.24, 2.45) is 5.41 Å². The smallest absolute Gasteiger partial charge is 0.250 e. The molecule has 0 aliphatic carbocycles. The molecule has 0 radical (unpaired) electrons. The van der Waals surface area contributed by atoms with Gasteiger partial charge in [-0.2, -0.15) is 0 Å². The first-order chi connectivity index (χ1) is 7.37. The van der Waals surface area contributed by atoms with E-state index in [1.54, 1.807) is 10.6 Å². The molecular formula is C12H17N3O. The molecule has 0 spiro atoms. The van der Waals surface area contributed by atoms with Gasteiger partial charge in [0.15, 0.2) is 5.65 Å². The minimum Gasteiger partial charge on any atom is -0.250 e. The zero-order valence-corrected chi connectivity index (χ0v) is 10.2. The second kappa shape index (κ2) is 3.47. The summed E-state index contributed by atoms with van der Waals surface area (Å²) in [6, 6.07) is 3.83. The summed E-state index contributed by atoms with van der Waals surface area (Å²) in [6.45, 7) is 8.90. The van der Waals surface area contributed by atoms with E-state index in [0.717, 1.165) is 5.56 Å². The maximum absolute atomic E-state index is 12.0. The van der Waals surface area contributed by atoms with E-state index in [2.05, 4.69) is 25.9 Å². The Labute approximate surface area is 94.5 Å². The van der Waals surface area contributed by atoms with Gasteiger partial charge in [-0.1, -0.05) is 20.8 Å². The Bertz CT molecular complexity index is 572. The average molecular weight is 219 g/mol. The molecule has 16 heavy (non-hydrogen) atoms. The summed E-state index contributed by atoms with van der Waals surface area (Å²) in [7, 11) is 0. The Balaban J connectivity index is 2.56. The van der Waals surface area contributed by atoms with Crippen LogP contribution in [0.15, 0.2) is 23.1 Å². The van der Waals surface area contributed by atoms with Crippen LogP contribution in [0.1, 0.15) is 26.3 Å². The summed E-state index contributed by atoms with van der Waals surface area (Å²) >= 11 is 0. The topological polar surface area (TPSA) is 39.3 Å². The molecule has 0 unspecified atom stereocenters. The molecule has 0 saturated carbocycles. The predicted molar refractivity (Wildman–Crippen MR) is 63.6 cm³/mol. The van der Waals surface area contributed by atoms with Crippen LogP contribution in [0.5, 0.6) is 0 Å². The normalized spacial score (nSPS) is 12.2. The van der Waals surface area contributed by atoms with Gasteiger partial charge in [-0.05, 0) is 30.0 Å². The lowest BCUT2D eigenvalue weighted by Gasteiger charge is -2.16. The molecule has 0 amide bonds. The monoisotopic (exact) mass is 219 g/mol. The fourth-order valence-corrected chi connectivity index (χ4v) is 1.67. The van der Waals surface area contributed by atoms with Crippen molar-refractivity contribution in [3.8, 4) is 0 Å². The van der Waals surface area contributed by atoms with Crippen molar-refractivity contribution in [1.29, 1.82) is 0 Å². The quantitative estimate of drug-likeness (QED) is 0.734. The number of aromatic nitrogens is 3. The van der Waals surface area contributed by atoms with Gasteiger partial charge in [-0.25, -0.2) is 9.48 Å². The molecule has 4 heteroatoms. The number of fused-ring (bicyclic) bond motifs is 1. The van der Waals surface area contributed by atoms with Crippen LogP contribution < -0.4 is 5.69 Å². The maximum atomic E-state index is 12.0. The molecule has 2 rings (SSSR count). The highest BCUT2D eigenvalue weighted by Gasteiger charge is 2.15. The van der Waals surface area contributed by atoms with Crippen LogP contribution in [0.3, 0.4) is 0 Å². The molecule has 86 valence electrons. The Morgan fingerprint density at radius 3 is 2.69 bits per heavy atom. The van der Waals surface area contributed by atoms with Gasteiger partial charge in [-0.15, -0.1) is 5.10 Å². The van der Waals surface area contributed by atoms with Gasteiger partial charge in [0, 0.05) is 6.20 Å². The average Bonchev–Trinajstić information content (AvgIpc) is 2.40.